The predicted molar refractivity (Wildman–Crippen MR) is 99.7 cm³/mol. The van der Waals surface area contributed by atoms with Crippen molar-refractivity contribution in [1.82, 2.24) is 0 Å². The number of sulfonamides is 1. The lowest BCUT2D eigenvalue weighted by molar-refractivity contribution is -0.122. The molecule has 138 valence electrons. The number of nitrogens with zero attached hydrogens (tertiary/aromatic N) is 1. The van der Waals surface area contributed by atoms with E-state index < -0.39 is 22.0 Å². The quantitative estimate of drug-likeness (QED) is 0.858. The van der Waals surface area contributed by atoms with Crippen molar-refractivity contribution in [2.45, 2.75) is 6.10 Å². The number of nitrogens with one attached hydrogen (secondary N) is 1. The molecule has 1 amide bonds. The summed E-state index contributed by atoms with van der Waals surface area (Å²) in [7, 11) is -2.07. The molecule has 1 heterocycles. The molecule has 0 radical (unpaired) electrons. The smallest absolute Gasteiger partial charge is 0.267 e. The first-order valence-corrected chi connectivity index (χ1v) is 9.90. The molecule has 2 aromatic carbocycles. The first kappa shape index (κ1) is 18.3. The van der Waals surface area contributed by atoms with E-state index in [2.05, 4.69) is 5.32 Å². The minimum Gasteiger partial charge on any atom is -0.495 e. The summed E-state index contributed by atoms with van der Waals surface area (Å²) >= 11 is 6.05. The second-order valence-corrected chi connectivity index (χ2v) is 8.02. The Labute approximate surface area is 156 Å². The average molecular weight is 397 g/mol. The van der Waals surface area contributed by atoms with Crippen molar-refractivity contribution in [3.8, 4) is 11.5 Å². The van der Waals surface area contributed by atoms with E-state index in [0.717, 1.165) is 10.6 Å². The third-order valence-corrected chi connectivity index (χ3v) is 5.29. The first-order valence-electron chi connectivity index (χ1n) is 7.67. The van der Waals surface area contributed by atoms with Crippen LogP contribution in [0.4, 0.5) is 11.4 Å². The van der Waals surface area contributed by atoms with Crippen molar-refractivity contribution in [2.75, 3.05) is 29.5 Å². The van der Waals surface area contributed by atoms with Gasteiger partial charge in [-0.1, -0.05) is 23.7 Å². The molecular formula is C17H17ClN2O5S. The normalized spacial score (nSPS) is 16.4. The molecule has 9 heteroatoms. The van der Waals surface area contributed by atoms with E-state index in [9.17, 15) is 13.2 Å². The fourth-order valence-corrected chi connectivity index (χ4v) is 3.79. The van der Waals surface area contributed by atoms with Crippen LogP contribution >= 0.6 is 11.6 Å². The number of ether oxygens (including phenoxy) is 2. The lowest BCUT2D eigenvalue weighted by Gasteiger charge is -2.33. The maximum atomic E-state index is 12.6. The Bertz CT molecular complexity index is 948. The number of carbonyl (C=O) groups excluding carboxylic acids is 1. The fourth-order valence-electron chi connectivity index (χ4n) is 2.62. The van der Waals surface area contributed by atoms with Crippen molar-refractivity contribution in [2.24, 2.45) is 0 Å². The van der Waals surface area contributed by atoms with Gasteiger partial charge < -0.3 is 14.8 Å². The highest BCUT2D eigenvalue weighted by Gasteiger charge is 2.34. The minimum absolute atomic E-state index is 0.119. The summed E-state index contributed by atoms with van der Waals surface area (Å²) in [6, 6.07) is 11.5. The van der Waals surface area contributed by atoms with Gasteiger partial charge in [0.1, 0.15) is 11.5 Å². The summed E-state index contributed by atoms with van der Waals surface area (Å²) in [5.41, 5.74) is 0.862. The molecule has 0 bridgehead atoms. The van der Waals surface area contributed by atoms with Gasteiger partial charge in [-0.05, 0) is 30.3 Å². The van der Waals surface area contributed by atoms with Crippen LogP contribution in [0.15, 0.2) is 42.5 Å². The molecule has 1 aliphatic rings. The van der Waals surface area contributed by atoms with Crippen LogP contribution in [0.2, 0.25) is 5.02 Å². The van der Waals surface area contributed by atoms with E-state index in [1.165, 1.54) is 7.11 Å². The molecule has 0 aliphatic carbocycles. The Balaban J connectivity index is 1.83. The van der Waals surface area contributed by atoms with Crippen molar-refractivity contribution in [3.63, 3.8) is 0 Å². The molecular weight excluding hydrogens is 380 g/mol. The zero-order chi connectivity index (χ0) is 18.9. The van der Waals surface area contributed by atoms with Crippen LogP contribution in [0, 0.1) is 0 Å². The molecule has 0 saturated heterocycles. The fraction of sp³-hybridized carbons (Fsp3) is 0.235. The molecule has 0 saturated carbocycles. The van der Waals surface area contributed by atoms with Gasteiger partial charge >= 0.3 is 0 Å². The highest BCUT2D eigenvalue weighted by Crippen LogP contribution is 2.35. The summed E-state index contributed by atoms with van der Waals surface area (Å²) in [5, 5.41) is 3.03. The number of anilines is 2. The lowest BCUT2D eigenvalue weighted by atomic mass is 10.2. The van der Waals surface area contributed by atoms with Crippen LogP contribution in [-0.2, 0) is 14.8 Å². The number of benzene rings is 2. The average Bonchev–Trinajstić information content (AvgIpc) is 2.60. The van der Waals surface area contributed by atoms with Gasteiger partial charge in [0, 0.05) is 5.69 Å². The van der Waals surface area contributed by atoms with Crippen LogP contribution in [0.1, 0.15) is 0 Å². The van der Waals surface area contributed by atoms with Gasteiger partial charge in [0.15, 0.2) is 6.10 Å². The Morgan fingerprint density at radius 3 is 2.69 bits per heavy atom. The number of carbonyl (C=O) groups is 1. The summed E-state index contributed by atoms with van der Waals surface area (Å²) in [6.45, 7) is -0.119. The molecule has 2 aromatic rings. The number of fused-ring (bicyclic) bond motifs is 1. The SMILES string of the molecule is COc1ccc(NC(=O)[C@@H]2CN(S(C)(=O)=O)c3ccccc3O2)cc1Cl. The molecule has 1 aliphatic heterocycles. The number of hydrogen-bond acceptors (Lipinski definition) is 5. The van der Waals surface area contributed by atoms with Gasteiger partial charge in [-0.15, -0.1) is 0 Å². The molecule has 26 heavy (non-hydrogen) atoms. The van der Waals surface area contributed by atoms with Gasteiger partial charge in [0.2, 0.25) is 10.0 Å². The third-order valence-electron chi connectivity index (χ3n) is 3.85. The number of methoxy groups -OCH3 is 1. The van der Waals surface area contributed by atoms with E-state index in [-0.39, 0.29) is 6.54 Å². The minimum atomic E-state index is -3.56. The summed E-state index contributed by atoms with van der Waals surface area (Å²) in [4.78, 5) is 12.6. The van der Waals surface area contributed by atoms with Crippen LogP contribution < -0.4 is 19.1 Å². The zero-order valence-electron chi connectivity index (χ0n) is 14.1. The molecule has 1 N–H and O–H groups in total. The van der Waals surface area contributed by atoms with Crippen LogP contribution in [0.3, 0.4) is 0 Å². The molecule has 3 rings (SSSR count). The summed E-state index contributed by atoms with van der Waals surface area (Å²) < 4.78 is 36.1. The second kappa shape index (κ2) is 7.05. The van der Waals surface area contributed by atoms with Gasteiger partial charge in [-0.25, -0.2) is 8.42 Å². The van der Waals surface area contributed by atoms with E-state index in [1.54, 1.807) is 42.5 Å². The van der Waals surface area contributed by atoms with Gasteiger partial charge in [-0.2, -0.15) is 0 Å². The number of hydrogen-bond donors (Lipinski definition) is 1. The van der Waals surface area contributed by atoms with Crippen LogP contribution in [0.25, 0.3) is 0 Å². The van der Waals surface area contributed by atoms with Gasteiger partial charge in [0.25, 0.3) is 5.91 Å². The Kier molecular flexibility index (Phi) is 4.97. The van der Waals surface area contributed by atoms with Crippen molar-refractivity contribution in [3.05, 3.63) is 47.5 Å². The largest absolute Gasteiger partial charge is 0.495 e. The number of rotatable bonds is 4. The topological polar surface area (TPSA) is 84.9 Å². The Morgan fingerprint density at radius 1 is 1.31 bits per heavy atom. The van der Waals surface area contributed by atoms with Crippen molar-refractivity contribution in [1.29, 1.82) is 0 Å². The molecule has 0 spiro atoms. The van der Waals surface area contributed by atoms with Gasteiger partial charge in [-0.3, -0.25) is 9.10 Å². The maximum absolute atomic E-state index is 12.6. The highest BCUT2D eigenvalue weighted by atomic mass is 35.5. The number of amides is 1. The zero-order valence-corrected chi connectivity index (χ0v) is 15.7. The summed E-state index contributed by atoms with van der Waals surface area (Å²) in [6.07, 6.45) is 0.0911. The van der Waals surface area contributed by atoms with E-state index in [1.807, 2.05) is 0 Å². The third kappa shape index (κ3) is 3.71. The molecule has 0 fully saturated rings. The Hall–Kier alpha value is -2.45. The molecule has 0 unspecified atom stereocenters. The van der Waals surface area contributed by atoms with Crippen LogP contribution in [-0.4, -0.2) is 40.3 Å². The second-order valence-electron chi connectivity index (χ2n) is 5.71. The van der Waals surface area contributed by atoms with Crippen molar-refractivity contribution < 1.29 is 22.7 Å². The lowest BCUT2D eigenvalue weighted by Crippen LogP contribution is -2.48. The van der Waals surface area contributed by atoms with Crippen LogP contribution in [0.5, 0.6) is 11.5 Å². The molecule has 1 atom stereocenters. The standard InChI is InChI=1S/C17H17ClN2O5S/c1-24-14-8-7-11(9-12(14)18)19-17(21)16-10-20(26(2,22)23)13-5-3-4-6-15(13)25-16/h3-9,16H,10H2,1-2H3,(H,19,21)/t16-/m0/s1. The monoisotopic (exact) mass is 396 g/mol. The Morgan fingerprint density at radius 2 is 2.04 bits per heavy atom. The highest BCUT2D eigenvalue weighted by molar-refractivity contribution is 7.92. The van der Waals surface area contributed by atoms with E-state index in [0.29, 0.717) is 27.9 Å². The number of para-hydroxylation sites is 2. The molecule has 0 aromatic heterocycles. The van der Waals surface area contributed by atoms with E-state index in [4.69, 9.17) is 21.1 Å². The number of halogens is 1. The molecule has 7 nitrogen and oxygen atoms in total. The van der Waals surface area contributed by atoms with Crippen molar-refractivity contribution >= 4 is 38.9 Å². The maximum Gasteiger partial charge on any atom is 0.267 e. The first-order chi connectivity index (χ1) is 12.3. The van der Waals surface area contributed by atoms with E-state index >= 15 is 0 Å². The van der Waals surface area contributed by atoms with Gasteiger partial charge in [0.05, 0.1) is 30.6 Å². The summed E-state index contributed by atoms with van der Waals surface area (Å²) in [5.74, 6) is 0.335. The predicted octanol–water partition coefficient (Wildman–Crippen LogP) is 2.51.